The summed E-state index contributed by atoms with van der Waals surface area (Å²) in [5.41, 5.74) is 0. The predicted molar refractivity (Wildman–Crippen MR) is 61.0 cm³/mol. The van der Waals surface area contributed by atoms with Crippen LogP contribution in [-0.2, 0) is 4.74 Å². The Morgan fingerprint density at radius 1 is 1.36 bits per heavy atom. The lowest BCUT2D eigenvalue weighted by Crippen LogP contribution is -1.95. The summed E-state index contributed by atoms with van der Waals surface area (Å²) >= 11 is 0. The van der Waals surface area contributed by atoms with Crippen molar-refractivity contribution in [3.05, 3.63) is 25.0 Å². The molecular formula is C13H22O. The van der Waals surface area contributed by atoms with Crippen LogP contribution < -0.4 is 0 Å². The fraction of sp³-hybridized carbons (Fsp3) is 0.692. The Bertz CT molecular complexity index is 181. The molecule has 2 aliphatic rings. The van der Waals surface area contributed by atoms with Crippen LogP contribution in [0.1, 0.15) is 33.1 Å². The molecule has 1 fully saturated rings. The van der Waals surface area contributed by atoms with Gasteiger partial charge in [0.2, 0.25) is 0 Å². The van der Waals surface area contributed by atoms with Crippen LogP contribution in [0, 0.1) is 17.8 Å². The van der Waals surface area contributed by atoms with Gasteiger partial charge in [-0.2, -0.15) is 0 Å². The van der Waals surface area contributed by atoms with Gasteiger partial charge >= 0.3 is 0 Å². The monoisotopic (exact) mass is 194 g/mol. The Kier molecular flexibility index (Phi) is 4.78. The molecule has 0 aromatic rings. The molecule has 1 saturated carbocycles. The molecule has 14 heavy (non-hydrogen) atoms. The van der Waals surface area contributed by atoms with Crippen LogP contribution in [0.15, 0.2) is 25.0 Å². The first-order valence-corrected chi connectivity index (χ1v) is 5.63. The minimum Gasteiger partial charge on any atom is -0.502 e. The number of hydrogen-bond acceptors (Lipinski definition) is 1. The first-order valence-electron chi connectivity index (χ1n) is 5.63. The Labute approximate surface area is 87.8 Å². The molecule has 0 amide bonds. The molecule has 2 bridgehead atoms. The van der Waals surface area contributed by atoms with Gasteiger partial charge in [-0.05, 0) is 37.0 Å². The van der Waals surface area contributed by atoms with Crippen molar-refractivity contribution < 1.29 is 4.74 Å². The highest BCUT2D eigenvalue weighted by Crippen LogP contribution is 2.38. The summed E-state index contributed by atoms with van der Waals surface area (Å²) in [6, 6.07) is 0. The first kappa shape index (κ1) is 11.4. The van der Waals surface area contributed by atoms with Crippen molar-refractivity contribution in [2.75, 3.05) is 6.61 Å². The summed E-state index contributed by atoms with van der Waals surface area (Å²) in [4.78, 5) is 0. The third kappa shape index (κ3) is 3.99. The van der Waals surface area contributed by atoms with E-state index in [2.05, 4.69) is 32.6 Å². The van der Waals surface area contributed by atoms with Crippen molar-refractivity contribution in [2.45, 2.75) is 33.1 Å². The van der Waals surface area contributed by atoms with E-state index in [0.29, 0.717) is 5.92 Å². The zero-order chi connectivity index (χ0) is 10.4. The molecule has 0 spiro atoms. The van der Waals surface area contributed by atoms with Crippen LogP contribution in [0.3, 0.4) is 0 Å². The molecule has 1 nitrogen and oxygen atoms in total. The average molecular weight is 194 g/mol. The van der Waals surface area contributed by atoms with E-state index in [1.54, 1.807) is 0 Å². The molecule has 0 aliphatic heterocycles. The molecule has 2 unspecified atom stereocenters. The standard InChI is InChI=1S/C7H10.C6H12O/c1-2-7-4-3-6(1)5-7;1-4-7-5-6(2)3/h1-2,6-7H,3-5H2;4,6H,1,5H2,2-3H3. The lowest BCUT2D eigenvalue weighted by Gasteiger charge is -2.00. The van der Waals surface area contributed by atoms with Gasteiger partial charge in [-0.1, -0.05) is 32.6 Å². The topological polar surface area (TPSA) is 9.23 Å². The van der Waals surface area contributed by atoms with Gasteiger partial charge in [0.15, 0.2) is 0 Å². The van der Waals surface area contributed by atoms with E-state index in [1.807, 2.05) is 0 Å². The number of hydrogen-bond donors (Lipinski definition) is 0. The summed E-state index contributed by atoms with van der Waals surface area (Å²) in [5.74, 6) is 2.59. The molecule has 0 saturated heterocycles. The fourth-order valence-corrected chi connectivity index (χ4v) is 1.98. The lowest BCUT2D eigenvalue weighted by molar-refractivity contribution is 0.212. The molecule has 2 rings (SSSR count). The second-order valence-corrected chi connectivity index (χ2v) is 4.61. The predicted octanol–water partition coefficient (Wildman–Crippen LogP) is 3.78. The number of allylic oxidation sites excluding steroid dienone is 2. The fourth-order valence-electron chi connectivity index (χ4n) is 1.98. The van der Waals surface area contributed by atoms with Gasteiger partial charge in [0, 0.05) is 0 Å². The van der Waals surface area contributed by atoms with Crippen molar-refractivity contribution in [1.29, 1.82) is 0 Å². The summed E-state index contributed by atoms with van der Waals surface area (Å²) in [5, 5.41) is 0. The molecule has 2 atom stereocenters. The second kappa shape index (κ2) is 5.90. The highest BCUT2D eigenvalue weighted by Gasteiger charge is 2.25. The van der Waals surface area contributed by atoms with E-state index in [4.69, 9.17) is 4.74 Å². The van der Waals surface area contributed by atoms with Gasteiger partial charge in [-0.3, -0.25) is 0 Å². The summed E-state index contributed by atoms with van der Waals surface area (Å²) in [6.07, 6.45) is 10.7. The Balaban J connectivity index is 0.000000140. The summed E-state index contributed by atoms with van der Waals surface area (Å²) in [6.45, 7) is 8.39. The lowest BCUT2D eigenvalue weighted by atomic mass is 10.1. The van der Waals surface area contributed by atoms with Crippen LogP contribution in [-0.4, -0.2) is 6.61 Å². The maximum absolute atomic E-state index is 4.86. The van der Waals surface area contributed by atoms with E-state index < -0.39 is 0 Å². The highest BCUT2D eigenvalue weighted by atomic mass is 16.5. The Morgan fingerprint density at radius 2 is 1.93 bits per heavy atom. The van der Waals surface area contributed by atoms with E-state index >= 15 is 0 Å². The van der Waals surface area contributed by atoms with E-state index in [9.17, 15) is 0 Å². The van der Waals surface area contributed by atoms with Crippen LogP contribution in [0.5, 0.6) is 0 Å². The van der Waals surface area contributed by atoms with Gasteiger partial charge in [0.25, 0.3) is 0 Å². The molecule has 2 aliphatic carbocycles. The smallest absolute Gasteiger partial charge is 0.0895 e. The van der Waals surface area contributed by atoms with E-state index in [0.717, 1.165) is 18.4 Å². The number of rotatable bonds is 3. The SMILES string of the molecule is C1=CC2CCC1C2.C=COCC(C)C. The van der Waals surface area contributed by atoms with Crippen molar-refractivity contribution in [3.63, 3.8) is 0 Å². The summed E-state index contributed by atoms with van der Waals surface area (Å²) in [7, 11) is 0. The third-order valence-corrected chi connectivity index (χ3v) is 2.72. The largest absolute Gasteiger partial charge is 0.502 e. The van der Waals surface area contributed by atoms with Crippen LogP contribution in [0.2, 0.25) is 0 Å². The molecule has 0 heterocycles. The molecule has 0 N–H and O–H groups in total. The van der Waals surface area contributed by atoms with Crippen molar-refractivity contribution >= 4 is 0 Å². The van der Waals surface area contributed by atoms with Crippen molar-refractivity contribution in [1.82, 2.24) is 0 Å². The summed E-state index contributed by atoms with van der Waals surface area (Å²) < 4.78 is 4.86. The molecule has 1 heteroatoms. The first-order chi connectivity index (χ1) is 6.72. The molecular weight excluding hydrogens is 172 g/mol. The van der Waals surface area contributed by atoms with Gasteiger partial charge in [-0.25, -0.2) is 0 Å². The average Bonchev–Trinajstić information content (AvgIpc) is 2.79. The van der Waals surface area contributed by atoms with Gasteiger partial charge in [0.1, 0.15) is 0 Å². The maximum Gasteiger partial charge on any atom is 0.0895 e. The van der Waals surface area contributed by atoms with E-state index in [-0.39, 0.29) is 0 Å². The second-order valence-electron chi connectivity index (χ2n) is 4.61. The molecule has 0 aromatic heterocycles. The zero-order valence-electron chi connectivity index (χ0n) is 9.41. The molecule has 80 valence electrons. The highest BCUT2D eigenvalue weighted by molar-refractivity contribution is 5.06. The molecule has 0 radical (unpaired) electrons. The van der Waals surface area contributed by atoms with Crippen LogP contribution in [0.4, 0.5) is 0 Å². The van der Waals surface area contributed by atoms with Gasteiger partial charge in [-0.15, -0.1) is 0 Å². The van der Waals surface area contributed by atoms with E-state index in [1.165, 1.54) is 25.5 Å². The quantitative estimate of drug-likeness (QED) is 0.491. The van der Waals surface area contributed by atoms with Gasteiger partial charge in [0.05, 0.1) is 12.9 Å². The van der Waals surface area contributed by atoms with Gasteiger partial charge < -0.3 is 4.74 Å². The van der Waals surface area contributed by atoms with Crippen LogP contribution in [0.25, 0.3) is 0 Å². The number of ether oxygens (including phenoxy) is 1. The normalized spacial score (nSPS) is 27.4. The maximum atomic E-state index is 4.86. The Morgan fingerprint density at radius 3 is 2.07 bits per heavy atom. The number of fused-ring (bicyclic) bond motifs is 2. The third-order valence-electron chi connectivity index (χ3n) is 2.72. The zero-order valence-corrected chi connectivity index (χ0v) is 9.41. The van der Waals surface area contributed by atoms with Crippen molar-refractivity contribution in [3.8, 4) is 0 Å². The Hall–Kier alpha value is -0.720. The molecule has 0 aromatic carbocycles. The van der Waals surface area contributed by atoms with Crippen LogP contribution >= 0.6 is 0 Å². The van der Waals surface area contributed by atoms with Crippen molar-refractivity contribution in [2.24, 2.45) is 17.8 Å². The minimum atomic E-state index is 0.609. The minimum absolute atomic E-state index is 0.609.